The van der Waals surface area contributed by atoms with Crippen LogP contribution < -0.4 is 10.6 Å². The molecule has 0 radical (unpaired) electrons. The van der Waals surface area contributed by atoms with Crippen molar-refractivity contribution in [2.75, 3.05) is 13.1 Å². The third kappa shape index (κ3) is 34.0. The molecule has 0 unspecified atom stereocenters. The minimum Gasteiger partial charge on any atom is -0.354 e. The molecule has 50 heavy (non-hydrogen) atoms. The van der Waals surface area contributed by atoms with Crippen LogP contribution in [0.2, 0.25) is 0 Å². The summed E-state index contributed by atoms with van der Waals surface area (Å²) in [5.74, 6) is 0.698. The summed E-state index contributed by atoms with van der Waals surface area (Å²) < 4.78 is 0. The van der Waals surface area contributed by atoms with Crippen molar-refractivity contribution >= 4 is 11.8 Å². The highest BCUT2D eigenvalue weighted by molar-refractivity contribution is 5.79. The molecule has 2 N–H and O–H groups in total. The van der Waals surface area contributed by atoms with Gasteiger partial charge in [0, 0.05) is 24.9 Å². The topological polar surface area (TPSA) is 58.2 Å². The molecule has 0 aliphatic heterocycles. The quantitative estimate of drug-likeness (QED) is 0.0622. The number of unbranched alkanes of at least 4 members (excludes halogenated alkanes) is 28. The summed E-state index contributed by atoms with van der Waals surface area (Å²) in [7, 11) is 0. The van der Waals surface area contributed by atoms with Crippen molar-refractivity contribution in [1.82, 2.24) is 10.6 Å². The maximum Gasteiger partial charge on any atom is 0.223 e. The summed E-state index contributed by atoms with van der Waals surface area (Å²) in [4.78, 5) is 26.7. The summed E-state index contributed by atoms with van der Waals surface area (Å²) in [5, 5.41) is 6.47. The van der Waals surface area contributed by atoms with Gasteiger partial charge in [-0.05, 0) is 25.7 Å². The first kappa shape index (κ1) is 48.9. The van der Waals surface area contributed by atoms with Crippen LogP contribution in [0, 0.1) is 11.8 Å². The molecule has 0 fully saturated rings. The molecule has 0 saturated heterocycles. The first-order valence-electron chi connectivity index (χ1n) is 23.2. The van der Waals surface area contributed by atoms with Crippen molar-refractivity contribution in [2.24, 2.45) is 11.8 Å². The van der Waals surface area contributed by atoms with E-state index >= 15 is 0 Å². The summed E-state index contributed by atoms with van der Waals surface area (Å²) in [6.45, 7) is 10.2. The van der Waals surface area contributed by atoms with E-state index in [4.69, 9.17) is 0 Å². The largest absolute Gasteiger partial charge is 0.354 e. The number of rotatable bonds is 41. The Morgan fingerprint density at radius 2 is 0.480 bits per heavy atom. The zero-order valence-electron chi connectivity index (χ0n) is 34.8. The smallest absolute Gasteiger partial charge is 0.223 e. The van der Waals surface area contributed by atoms with Crippen LogP contribution in [0.4, 0.5) is 0 Å². The molecular weight excluding hydrogens is 613 g/mol. The van der Waals surface area contributed by atoms with Gasteiger partial charge in [-0.2, -0.15) is 0 Å². The first-order valence-corrected chi connectivity index (χ1v) is 23.2. The van der Waals surface area contributed by atoms with Crippen LogP contribution in [-0.4, -0.2) is 24.9 Å². The van der Waals surface area contributed by atoms with Crippen LogP contribution >= 0.6 is 0 Å². The summed E-state index contributed by atoms with van der Waals surface area (Å²) >= 11 is 0. The average Bonchev–Trinajstić information content (AvgIpc) is 3.12. The molecule has 0 aromatic rings. The number of hydrogen-bond donors (Lipinski definition) is 2. The van der Waals surface area contributed by atoms with Gasteiger partial charge >= 0.3 is 0 Å². The molecule has 0 atom stereocenters. The van der Waals surface area contributed by atoms with Gasteiger partial charge in [0.1, 0.15) is 0 Å². The zero-order chi connectivity index (χ0) is 36.6. The average molecular weight is 705 g/mol. The van der Waals surface area contributed by atoms with E-state index in [1.807, 2.05) is 0 Å². The Kier molecular flexibility index (Phi) is 39.8. The Morgan fingerprint density at radius 1 is 0.300 bits per heavy atom. The second kappa shape index (κ2) is 40.7. The third-order valence-corrected chi connectivity index (χ3v) is 11.1. The second-order valence-electron chi connectivity index (χ2n) is 16.0. The molecule has 0 bridgehead atoms. The highest BCUT2D eigenvalue weighted by atomic mass is 16.2. The van der Waals surface area contributed by atoms with Crippen molar-refractivity contribution in [3.05, 3.63) is 0 Å². The molecule has 0 aromatic carbocycles. The molecular formula is C46H92N2O2. The number of amides is 2. The SMILES string of the molecule is CCCCCCCCCCC(CCCCCCCCCC)C(=O)NCCNC(=O)C(CCCCCCCCCC)CCCCCCCCCC. The van der Waals surface area contributed by atoms with Gasteiger partial charge in [-0.1, -0.05) is 233 Å². The van der Waals surface area contributed by atoms with E-state index in [1.54, 1.807) is 0 Å². The maximum atomic E-state index is 13.3. The minimum atomic E-state index is 0.127. The Balaban J connectivity index is 4.68. The van der Waals surface area contributed by atoms with E-state index in [0.29, 0.717) is 13.1 Å². The van der Waals surface area contributed by atoms with Crippen LogP contribution in [0.1, 0.15) is 259 Å². The van der Waals surface area contributed by atoms with Crippen molar-refractivity contribution in [3.63, 3.8) is 0 Å². The van der Waals surface area contributed by atoms with Gasteiger partial charge < -0.3 is 10.6 Å². The van der Waals surface area contributed by atoms with E-state index in [1.165, 1.54) is 205 Å². The Hall–Kier alpha value is -1.06. The fourth-order valence-corrected chi connectivity index (χ4v) is 7.57. The third-order valence-electron chi connectivity index (χ3n) is 11.1. The number of hydrogen-bond acceptors (Lipinski definition) is 2. The fraction of sp³-hybridized carbons (Fsp3) is 0.957. The van der Waals surface area contributed by atoms with Crippen LogP contribution in [0.15, 0.2) is 0 Å². The summed E-state index contributed by atoms with van der Waals surface area (Å²) in [6.07, 6.45) is 45.9. The van der Waals surface area contributed by atoms with Crippen LogP contribution in [0.5, 0.6) is 0 Å². The van der Waals surface area contributed by atoms with E-state index in [-0.39, 0.29) is 23.7 Å². The van der Waals surface area contributed by atoms with Crippen LogP contribution in [0.25, 0.3) is 0 Å². The normalized spacial score (nSPS) is 11.6. The van der Waals surface area contributed by atoms with Gasteiger partial charge in [0.2, 0.25) is 11.8 Å². The van der Waals surface area contributed by atoms with Gasteiger partial charge in [0.25, 0.3) is 0 Å². The molecule has 0 aromatic heterocycles. The Labute approximate surface area is 315 Å². The van der Waals surface area contributed by atoms with Crippen molar-refractivity contribution in [3.8, 4) is 0 Å². The molecule has 0 rings (SSSR count). The molecule has 298 valence electrons. The van der Waals surface area contributed by atoms with E-state index < -0.39 is 0 Å². The van der Waals surface area contributed by atoms with Gasteiger partial charge in [0.05, 0.1) is 0 Å². The lowest BCUT2D eigenvalue weighted by atomic mass is 9.93. The highest BCUT2D eigenvalue weighted by Gasteiger charge is 2.19. The molecule has 4 nitrogen and oxygen atoms in total. The summed E-state index contributed by atoms with van der Waals surface area (Å²) in [6, 6.07) is 0. The molecule has 0 spiro atoms. The minimum absolute atomic E-state index is 0.127. The van der Waals surface area contributed by atoms with Crippen molar-refractivity contribution in [1.29, 1.82) is 0 Å². The lowest BCUT2D eigenvalue weighted by Gasteiger charge is -2.19. The predicted octanol–water partition coefficient (Wildman–Crippen LogP) is 14.6. The number of nitrogens with one attached hydrogen (secondary N) is 2. The Morgan fingerprint density at radius 3 is 0.680 bits per heavy atom. The van der Waals surface area contributed by atoms with E-state index in [0.717, 1.165) is 25.7 Å². The Bertz CT molecular complexity index is 598. The summed E-state index contributed by atoms with van der Waals surface area (Å²) in [5.41, 5.74) is 0. The van der Waals surface area contributed by atoms with E-state index in [2.05, 4.69) is 38.3 Å². The molecule has 2 amide bonds. The molecule has 4 heteroatoms. The van der Waals surface area contributed by atoms with Gasteiger partial charge in [0.15, 0.2) is 0 Å². The lowest BCUT2D eigenvalue weighted by Crippen LogP contribution is -2.39. The van der Waals surface area contributed by atoms with Crippen LogP contribution in [-0.2, 0) is 9.59 Å². The first-order chi connectivity index (χ1) is 24.6. The number of carbonyl (C=O) groups excluding carboxylic acids is 2. The monoisotopic (exact) mass is 705 g/mol. The van der Waals surface area contributed by atoms with E-state index in [9.17, 15) is 9.59 Å². The zero-order valence-corrected chi connectivity index (χ0v) is 34.8. The molecule has 0 heterocycles. The van der Waals surface area contributed by atoms with Gasteiger partial charge in [-0.3, -0.25) is 9.59 Å². The second-order valence-corrected chi connectivity index (χ2v) is 16.0. The van der Waals surface area contributed by atoms with Crippen molar-refractivity contribution < 1.29 is 9.59 Å². The maximum absolute atomic E-state index is 13.3. The molecule has 0 aliphatic rings. The van der Waals surface area contributed by atoms with Gasteiger partial charge in [-0.25, -0.2) is 0 Å². The van der Waals surface area contributed by atoms with Crippen LogP contribution in [0.3, 0.4) is 0 Å². The predicted molar refractivity (Wildman–Crippen MR) is 222 cm³/mol. The standard InChI is InChI=1S/C46H92N2O2/c1-5-9-13-17-21-25-29-33-37-43(38-34-30-26-22-18-14-10-6-2)45(49)47-41-42-48-46(50)44(39-35-31-27-23-19-15-11-7-3)40-36-32-28-24-20-16-12-8-4/h43-44H,5-42H2,1-4H3,(H,47,49)(H,48,50). The highest BCUT2D eigenvalue weighted by Crippen LogP contribution is 2.22. The lowest BCUT2D eigenvalue weighted by molar-refractivity contribution is -0.127. The van der Waals surface area contributed by atoms with Gasteiger partial charge in [-0.15, -0.1) is 0 Å². The molecule has 0 aliphatic carbocycles. The molecule has 0 saturated carbocycles. The number of carbonyl (C=O) groups is 2. The van der Waals surface area contributed by atoms with Crippen molar-refractivity contribution in [2.45, 2.75) is 259 Å². The fourth-order valence-electron chi connectivity index (χ4n) is 7.57.